The van der Waals surface area contributed by atoms with Crippen LogP contribution in [-0.4, -0.2) is 25.1 Å². The molecule has 1 fully saturated rings. The Bertz CT molecular complexity index is 652. The number of benzene rings is 1. The summed E-state index contributed by atoms with van der Waals surface area (Å²) in [6, 6.07) is 5.19. The number of hydrogen-bond acceptors (Lipinski definition) is 2. The van der Waals surface area contributed by atoms with Crippen molar-refractivity contribution in [2.45, 2.75) is 40.0 Å². The van der Waals surface area contributed by atoms with Gasteiger partial charge < -0.3 is 9.64 Å². The van der Waals surface area contributed by atoms with Crippen LogP contribution in [0.1, 0.15) is 44.2 Å². The lowest BCUT2D eigenvalue weighted by Crippen LogP contribution is -2.29. The van der Waals surface area contributed by atoms with Gasteiger partial charge in [-0.3, -0.25) is 0 Å². The topological polar surface area (TPSA) is 12.5 Å². The lowest BCUT2D eigenvalue weighted by atomic mass is 10.0. The second-order valence-electron chi connectivity index (χ2n) is 6.28. The molecule has 0 amide bonds. The number of halogens is 1. The molecule has 1 aromatic carbocycles. The van der Waals surface area contributed by atoms with Crippen molar-refractivity contribution in [3.63, 3.8) is 0 Å². The van der Waals surface area contributed by atoms with Crippen molar-refractivity contribution in [3.05, 3.63) is 64.8 Å². The van der Waals surface area contributed by atoms with E-state index in [-0.39, 0.29) is 5.82 Å². The van der Waals surface area contributed by atoms with Crippen molar-refractivity contribution in [2.75, 3.05) is 20.2 Å². The first kappa shape index (κ1) is 18.3. The third-order valence-corrected chi connectivity index (χ3v) is 4.47. The average molecular weight is 329 g/mol. The molecule has 130 valence electrons. The van der Waals surface area contributed by atoms with E-state index in [0.717, 1.165) is 35.7 Å². The van der Waals surface area contributed by atoms with Crippen LogP contribution < -0.4 is 0 Å². The van der Waals surface area contributed by atoms with Crippen molar-refractivity contribution < 1.29 is 9.13 Å². The number of rotatable bonds is 5. The molecule has 1 heterocycles. The largest absolute Gasteiger partial charge is 0.495 e. The Hall–Kier alpha value is -2.03. The van der Waals surface area contributed by atoms with E-state index in [1.807, 2.05) is 38.1 Å². The molecule has 1 aromatic rings. The number of piperidine rings is 1. The number of aryl methyl sites for hydroxylation is 1. The zero-order valence-corrected chi connectivity index (χ0v) is 15.2. The normalized spacial score (nSPS) is 17.2. The van der Waals surface area contributed by atoms with Gasteiger partial charge in [0, 0.05) is 18.7 Å². The lowest BCUT2D eigenvalue weighted by molar-refractivity contribution is 0.244. The number of ether oxygens (including phenoxy) is 1. The maximum Gasteiger partial charge on any atom is 0.138 e. The molecular weight excluding hydrogens is 301 g/mol. The Morgan fingerprint density at radius 3 is 2.54 bits per heavy atom. The fourth-order valence-corrected chi connectivity index (χ4v) is 3.09. The van der Waals surface area contributed by atoms with Crippen LogP contribution >= 0.6 is 0 Å². The van der Waals surface area contributed by atoms with Gasteiger partial charge in [-0.15, -0.1) is 0 Å². The van der Waals surface area contributed by atoms with Gasteiger partial charge in [0.1, 0.15) is 11.6 Å². The molecule has 0 spiro atoms. The summed E-state index contributed by atoms with van der Waals surface area (Å²) < 4.78 is 20.0. The predicted octanol–water partition coefficient (Wildman–Crippen LogP) is 5.46. The minimum absolute atomic E-state index is 0.212. The first-order chi connectivity index (χ1) is 11.6. The van der Waals surface area contributed by atoms with Crippen LogP contribution in [0.2, 0.25) is 0 Å². The second kappa shape index (κ2) is 8.72. The van der Waals surface area contributed by atoms with Crippen LogP contribution in [0.5, 0.6) is 0 Å². The quantitative estimate of drug-likeness (QED) is 0.525. The molecule has 0 aromatic heterocycles. The summed E-state index contributed by atoms with van der Waals surface area (Å²) in [5, 5.41) is 0. The van der Waals surface area contributed by atoms with Crippen molar-refractivity contribution in [2.24, 2.45) is 0 Å². The third kappa shape index (κ3) is 4.50. The van der Waals surface area contributed by atoms with Gasteiger partial charge in [-0.1, -0.05) is 23.8 Å². The zero-order chi connectivity index (χ0) is 17.5. The van der Waals surface area contributed by atoms with Crippen LogP contribution in [0.15, 0.2) is 47.9 Å². The molecule has 0 unspecified atom stereocenters. The van der Waals surface area contributed by atoms with Crippen molar-refractivity contribution in [1.29, 1.82) is 0 Å². The van der Waals surface area contributed by atoms with Crippen LogP contribution in [0, 0.1) is 12.7 Å². The molecule has 1 saturated heterocycles. The van der Waals surface area contributed by atoms with E-state index in [1.165, 1.54) is 25.3 Å². The van der Waals surface area contributed by atoms with E-state index < -0.39 is 0 Å². The molecule has 24 heavy (non-hydrogen) atoms. The highest BCUT2D eigenvalue weighted by molar-refractivity contribution is 5.76. The zero-order valence-electron chi connectivity index (χ0n) is 15.2. The maximum atomic E-state index is 14.3. The van der Waals surface area contributed by atoms with Gasteiger partial charge in [-0.2, -0.15) is 0 Å². The monoisotopic (exact) mass is 329 g/mol. The van der Waals surface area contributed by atoms with Gasteiger partial charge in [-0.25, -0.2) is 4.39 Å². The summed E-state index contributed by atoms with van der Waals surface area (Å²) in [5.41, 5.74) is 3.59. The molecule has 0 N–H and O–H groups in total. The van der Waals surface area contributed by atoms with Gasteiger partial charge in [0.05, 0.1) is 12.8 Å². The van der Waals surface area contributed by atoms with Crippen LogP contribution in [0.25, 0.3) is 5.57 Å². The Kier molecular flexibility index (Phi) is 6.65. The standard InChI is InChI=1S/C21H28FNO/c1-5-9-18(19-14-16(2)10-11-20(19)22)15-21(24-4)17(3)23-12-7-6-8-13-23/h5,9-11,14-15H,6-8,12-13H2,1-4H3/b9-5-,18-15+,21-17+. The molecular formula is C21H28FNO. The highest BCUT2D eigenvalue weighted by atomic mass is 19.1. The maximum absolute atomic E-state index is 14.3. The molecule has 0 bridgehead atoms. The van der Waals surface area contributed by atoms with E-state index in [0.29, 0.717) is 5.56 Å². The number of allylic oxidation sites excluding steroid dienone is 5. The third-order valence-electron chi connectivity index (χ3n) is 4.47. The molecule has 0 radical (unpaired) electrons. The molecule has 3 heteroatoms. The SMILES string of the molecule is C\C=C/C(=C\C(OC)=C(\C)N1CCCCC1)c1cc(C)ccc1F. The summed E-state index contributed by atoms with van der Waals surface area (Å²) >= 11 is 0. The fraction of sp³-hybridized carbons (Fsp3) is 0.429. The summed E-state index contributed by atoms with van der Waals surface area (Å²) in [6.45, 7) is 8.12. The van der Waals surface area contributed by atoms with Crippen molar-refractivity contribution >= 4 is 5.57 Å². The second-order valence-corrected chi connectivity index (χ2v) is 6.28. The fourth-order valence-electron chi connectivity index (χ4n) is 3.09. The summed E-state index contributed by atoms with van der Waals surface area (Å²) in [6.07, 6.45) is 9.53. The Morgan fingerprint density at radius 2 is 1.92 bits per heavy atom. The van der Waals surface area contributed by atoms with Gasteiger partial charge in [0.15, 0.2) is 0 Å². The van der Waals surface area contributed by atoms with Crippen molar-refractivity contribution in [3.8, 4) is 0 Å². The number of likely N-dealkylation sites (tertiary alicyclic amines) is 1. The van der Waals surface area contributed by atoms with Gasteiger partial charge >= 0.3 is 0 Å². The lowest BCUT2D eigenvalue weighted by Gasteiger charge is -2.30. The Labute approximate surface area is 145 Å². The first-order valence-electron chi connectivity index (χ1n) is 8.67. The molecule has 0 aliphatic carbocycles. The Morgan fingerprint density at radius 1 is 1.21 bits per heavy atom. The molecule has 0 saturated carbocycles. The summed E-state index contributed by atoms with van der Waals surface area (Å²) in [5.74, 6) is 0.585. The van der Waals surface area contributed by atoms with Gasteiger partial charge in [0.25, 0.3) is 0 Å². The predicted molar refractivity (Wildman–Crippen MR) is 99.1 cm³/mol. The number of methoxy groups -OCH3 is 1. The summed E-state index contributed by atoms with van der Waals surface area (Å²) in [4.78, 5) is 2.36. The summed E-state index contributed by atoms with van der Waals surface area (Å²) in [7, 11) is 1.68. The molecule has 1 aliphatic heterocycles. The number of nitrogens with zero attached hydrogens (tertiary/aromatic N) is 1. The smallest absolute Gasteiger partial charge is 0.138 e. The van der Waals surface area contributed by atoms with Gasteiger partial charge in [0.2, 0.25) is 0 Å². The van der Waals surface area contributed by atoms with E-state index in [9.17, 15) is 4.39 Å². The van der Waals surface area contributed by atoms with Crippen LogP contribution in [0.4, 0.5) is 4.39 Å². The highest BCUT2D eigenvalue weighted by Gasteiger charge is 2.15. The van der Waals surface area contributed by atoms with Crippen LogP contribution in [-0.2, 0) is 4.74 Å². The van der Waals surface area contributed by atoms with E-state index in [4.69, 9.17) is 4.74 Å². The minimum atomic E-state index is -0.212. The molecule has 2 rings (SSSR count). The molecule has 1 aliphatic rings. The Balaban J connectivity index is 2.45. The number of hydrogen-bond donors (Lipinski definition) is 0. The van der Waals surface area contributed by atoms with E-state index >= 15 is 0 Å². The molecule has 0 atom stereocenters. The van der Waals surface area contributed by atoms with Crippen LogP contribution in [0.3, 0.4) is 0 Å². The first-order valence-corrected chi connectivity index (χ1v) is 8.67. The van der Waals surface area contributed by atoms with Crippen molar-refractivity contribution in [1.82, 2.24) is 4.90 Å². The van der Waals surface area contributed by atoms with Gasteiger partial charge in [-0.05, 0) is 63.8 Å². The molecule has 2 nitrogen and oxygen atoms in total. The highest BCUT2D eigenvalue weighted by Crippen LogP contribution is 2.25. The minimum Gasteiger partial charge on any atom is -0.495 e. The van der Waals surface area contributed by atoms with E-state index in [1.54, 1.807) is 13.2 Å². The van der Waals surface area contributed by atoms with E-state index in [2.05, 4.69) is 11.8 Å². The average Bonchev–Trinajstić information content (AvgIpc) is 2.61.